The number of halogens is 4. The van der Waals surface area contributed by atoms with E-state index in [4.69, 9.17) is 5.73 Å². The highest BCUT2D eigenvalue weighted by atomic mass is 79.9. The van der Waals surface area contributed by atoms with E-state index in [2.05, 4.69) is 21.2 Å². The van der Waals surface area contributed by atoms with Gasteiger partial charge < -0.3 is 11.1 Å². The lowest BCUT2D eigenvalue weighted by Gasteiger charge is -2.14. The summed E-state index contributed by atoms with van der Waals surface area (Å²) in [5, 5.41) is 3.05. The molecule has 2 aromatic rings. The van der Waals surface area contributed by atoms with Crippen molar-refractivity contribution in [3.05, 3.63) is 51.5 Å². The molecule has 0 unspecified atom stereocenters. The predicted octanol–water partition coefficient (Wildman–Crippen LogP) is 5.41. The van der Waals surface area contributed by atoms with Crippen LogP contribution < -0.4 is 11.1 Å². The summed E-state index contributed by atoms with van der Waals surface area (Å²) in [6.07, 6.45) is -4.39. The lowest BCUT2D eigenvalue weighted by Crippen LogP contribution is -2.06. The molecule has 0 saturated heterocycles. The van der Waals surface area contributed by atoms with Gasteiger partial charge in [0.25, 0.3) is 0 Å². The highest BCUT2D eigenvalue weighted by molar-refractivity contribution is 9.10. The van der Waals surface area contributed by atoms with Gasteiger partial charge in [-0.1, -0.05) is 15.9 Å². The third kappa shape index (κ3) is 3.50. The first-order valence-electron chi connectivity index (χ1n) is 6.19. The maximum atomic E-state index is 12.6. The molecule has 0 aliphatic heterocycles. The molecular weight excluding hydrogens is 345 g/mol. The quantitative estimate of drug-likeness (QED) is 0.704. The molecule has 112 valence electrons. The molecule has 0 amide bonds. The molecule has 0 spiro atoms. The van der Waals surface area contributed by atoms with Gasteiger partial charge in [0.15, 0.2) is 0 Å². The molecule has 0 radical (unpaired) electrons. The van der Waals surface area contributed by atoms with Gasteiger partial charge in [0, 0.05) is 10.2 Å². The highest BCUT2D eigenvalue weighted by Crippen LogP contribution is 2.34. The van der Waals surface area contributed by atoms with E-state index in [1.807, 2.05) is 26.0 Å². The molecule has 2 aromatic carbocycles. The minimum absolute atomic E-state index is 0.0584. The van der Waals surface area contributed by atoms with Crippen LogP contribution in [0.15, 0.2) is 34.8 Å². The van der Waals surface area contributed by atoms with Crippen molar-refractivity contribution < 1.29 is 13.2 Å². The Kier molecular flexibility index (Phi) is 4.18. The number of nitrogens with two attached hydrogens (primary N) is 1. The van der Waals surface area contributed by atoms with Gasteiger partial charge in [0.2, 0.25) is 0 Å². The van der Waals surface area contributed by atoms with E-state index in [-0.39, 0.29) is 5.69 Å². The van der Waals surface area contributed by atoms with Crippen LogP contribution >= 0.6 is 15.9 Å². The Morgan fingerprint density at radius 1 is 1.05 bits per heavy atom. The Labute approximate surface area is 129 Å². The van der Waals surface area contributed by atoms with Crippen LogP contribution in [0.3, 0.4) is 0 Å². The Morgan fingerprint density at radius 2 is 1.62 bits per heavy atom. The SMILES string of the molecule is Cc1cc(Nc2ccc(C(F)(F)F)cc2N)cc(C)c1Br. The van der Waals surface area contributed by atoms with Crippen LogP contribution in [-0.2, 0) is 6.18 Å². The van der Waals surface area contributed by atoms with Gasteiger partial charge in [-0.2, -0.15) is 13.2 Å². The fraction of sp³-hybridized carbons (Fsp3) is 0.200. The van der Waals surface area contributed by atoms with E-state index in [0.717, 1.165) is 33.4 Å². The van der Waals surface area contributed by atoms with Crippen molar-refractivity contribution in [1.82, 2.24) is 0 Å². The minimum atomic E-state index is -4.39. The first-order valence-corrected chi connectivity index (χ1v) is 6.98. The van der Waals surface area contributed by atoms with Crippen LogP contribution in [-0.4, -0.2) is 0 Å². The number of rotatable bonds is 2. The van der Waals surface area contributed by atoms with E-state index in [1.165, 1.54) is 6.07 Å². The number of anilines is 3. The minimum Gasteiger partial charge on any atom is -0.397 e. The van der Waals surface area contributed by atoms with Crippen molar-refractivity contribution in [3.63, 3.8) is 0 Å². The Bertz CT molecular complexity index is 658. The van der Waals surface area contributed by atoms with Crippen LogP contribution in [0.5, 0.6) is 0 Å². The smallest absolute Gasteiger partial charge is 0.397 e. The fourth-order valence-corrected chi connectivity index (χ4v) is 2.26. The zero-order chi connectivity index (χ0) is 15.8. The van der Waals surface area contributed by atoms with E-state index in [1.54, 1.807) is 0 Å². The summed E-state index contributed by atoms with van der Waals surface area (Å²) in [5.41, 5.74) is 8.29. The molecule has 0 saturated carbocycles. The van der Waals surface area contributed by atoms with Crippen molar-refractivity contribution in [1.29, 1.82) is 0 Å². The van der Waals surface area contributed by atoms with Gasteiger partial charge in [0.05, 0.1) is 16.9 Å². The predicted molar refractivity (Wildman–Crippen MR) is 82.8 cm³/mol. The topological polar surface area (TPSA) is 38.0 Å². The number of hydrogen-bond donors (Lipinski definition) is 2. The summed E-state index contributed by atoms with van der Waals surface area (Å²) in [6.45, 7) is 3.89. The molecule has 0 aliphatic carbocycles. The van der Waals surface area contributed by atoms with Gasteiger partial charge in [-0.3, -0.25) is 0 Å². The molecule has 0 aromatic heterocycles. The van der Waals surface area contributed by atoms with Crippen molar-refractivity contribution >= 4 is 33.0 Å². The summed E-state index contributed by atoms with van der Waals surface area (Å²) < 4.78 is 38.8. The zero-order valence-corrected chi connectivity index (χ0v) is 13.1. The summed E-state index contributed by atoms with van der Waals surface area (Å²) in [6, 6.07) is 7.07. The number of hydrogen-bond acceptors (Lipinski definition) is 2. The van der Waals surface area contributed by atoms with Gasteiger partial charge in [-0.25, -0.2) is 0 Å². The second-order valence-corrected chi connectivity index (χ2v) is 5.64. The molecule has 3 N–H and O–H groups in total. The Balaban J connectivity index is 2.32. The number of alkyl halides is 3. The first kappa shape index (κ1) is 15.7. The highest BCUT2D eigenvalue weighted by Gasteiger charge is 2.30. The van der Waals surface area contributed by atoms with Crippen molar-refractivity contribution in [3.8, 4) is 0 Å². The van der Waals surface area contributed by atoms with E-state index in [0.29, 0.717) is 5.69 Å². The Hall–Kier alpha value is -1.69. The van der Waals surface area contributed by atoms with Gasteiger partial charge in [0.1, 0.15) is 0 Å². The van der Waals surface area contributed by atoms with Crippen LogP contribution in [0.25, 0.3) is 0 Å². The number of nitrogens with one attached hydrogen (secondary N) is 1. The van der Waals surface area contributed by atoms with Crippen molar-refractivity contribution in [2.24, 2.45) is 0 Å². The fourth-order valence-electron chi connectivity index (χ4n) is 2.03. The molecule has 0 fully saturated rings. The van der Waals surface area contributed by atoms with Crippen LogP contribution in [0.4, 0.5) is 30.2 Å². The Morgan fingerprint density at radius 3 is 2.10 bits per heavy atom. The van der Waals surface area contributed by atoms with Crippen molar-refractivity contribution in [2.45, 2.75) is 20.0 Å². The number of aryl methyl sites for hydroxylation is 2. The summed E-state index contributed by atoms with van der Waals surface area (Å²) in [7, 11) is 0. The molecule has 0 heterocycles. The summed E-state index contributed by atoms with van der Waals surface area (Å²) in [4.78, 5) is 0. The first-order chi connectivity index (χ1) is 9.68. The van der Waals surface area contributed by atoms with Crippen LogP contribution in [0.1, 0.15) is 16.7 Å². The average Bonchev–Trinajstić information content (AvgIpc) is 2.37. The molecule has 21 heavy (non-hydrogen) atoms. The zero-order valence-electron chi connectivity index (χ0n) is 11.5. The van der Waals surface area contributed by atoms with Gasteiger partial charge in [-0.15, -0.1) is 0 Å². The standard InChI is InChI=1S/C15H14BrF3N2/c1-8-5-11(6-9(2)14(8)16)21-13-4-3-10(7-12(13)20)15(17,18)19/h3-7,21H,20H2,1-2H3. The second-order valence-electron chi connectivity index (χ2n) is 4.85. The van der Waals surface area contributed by atoms with Crippen LogP contribution in [0, 0.1) is 13.8 Å². The lowest BCUT2D eigenvalue weighted by atomic mass is 10.1. The molecule has 6 heteroatoms. The van der Waals surface area contributed by atoms with E-state index >= 15 is 0 Å². The summed E-state index contributed by atoms with van der Waals surface area (Å²) >= 11 is 3.47. The van der Waals surface area contributed by atoms with Gasteiger partial charge >= 0.3 is 6.18 Å². The maximum Gasteiger partial charge on any atom is 0.416 e. The average molecular weight is 359 g/mol. The van der Waals surface area contributed by atoms with Gasteiger partial charge in [-0.05, 0) is 55.3 Å². The molecule has 2 rings (SSSR count). The molecule has 0 bridgehead atoms. The van der Waals surface area contributed by atoms with E-state index < -0.39 is 11.7 Å². The third-order valence-electron chi connectivity index (χ3n) is 3.09. The summed E-state index contributed by atoms with van der Waals surface area (Å²) in [5.74, 6) is 0. The normalized spacial score (nSPS) is 11.5. The number of nitrogen functional groups attached to an aromatic ring is 1. The van der Waals surface area contributed by atoms with Crippen LogP contribution in [0.2, 0.25) is 0 Å². The lowest BCUT2D eigenvalue weighted by molar-refractivity contribution is -0.137. The number of benzene rings is 2. The molecule has 0 aliphatic rings. The second kappa shape index (κ2) is 5.60. The monoisotopic (exact) mass is 358 g/mol. The molecular formula is C15H14BrF3N2. The molecule has 2 nitrogen and oxygen atoms in total. The molecule has 0 atom stereocenters. The van der Waals surface area contributed by atoms with E-state index in [9.17, 15) is 13.2 Å². The van der Waals surface area contributed by atoms with Crippen molar-refractivity contribution in [2.75, 3.05) is 11.1 Å². The third-order valence-corrected chi connectivity index (χ3v) is 4.35. The maximum absolute atomic E-state index is 12.6. The largest absolute Gasteiger partial charge is 0.416 e.